The van der Waals surface area contributed by atoms with Crippen LogP contribution in [0, 0.1) is 0 Å². The predicted octanol–water partition coefficient (Wildman–Crippen LogP) is 2.36. The third kappa shape index (κ3) is 5.42. The van der Waals surface area contributed by atoms with Crippen LogP contribution in [-0.4, -0.2) is 25.5 Å². The molecule has 0 aliphatic heterocycles. The zero-order chi connectivity index (χ0) is 14.1. The van der Waals surface area contributed by atoms with Crippen molar-refractivity contribution in [1.82, 2.24) is 10.6 Å². The fraction of sp³-hybridized carbons (Fsp3) is 0.429. The van der Waals surface area contributed by atoms with Gasteiger partial charge in [0.05, 0.1) is 0 Å². The fourth-order valence-electron chi connectivity index (χ4n) is 1.63. The molecule has 0 fully saturated rings. The number of rotatable bonds is 6. The van der Waals surface area contributed by atoms with E-state index in [0.717, 1.165) is 19.3 Å². The van der Waals surface area contributed by atoms with Crippen LogP contribution in [0.4, 0.5) is 10.5 Å². The van der Waals surface area contributed by atoms with Gasteiger partial charge < -0.3 is 16.0 Å². The Morgan fingerprint density at radius 1 is 1.21 bits per heavy atom. The summed E-state index contributed by atoms with van der Waals surface area (Å²) in [6, 6.07) is 6.58. The second-order valence-electron chi connectivity index (χ2n) is 4.25. The molecule has 3 N–H and O–H groups in total. The Labute approximate surface area is 113 Å². The van der Waals surface area contributed by atoms with E-state index in [-0.39, 0.29) is 11.9 Å². The molecule has 0 aliphatic carbocycles. The van der Waals surface area contributed by atoms with Gasteiger partial charge in [-0.2, -0.15) is 0 Å². The first kappa shape index (κ1) is 15.0. The number of benzene rings is 1. The molecule has 0 bridgehead atoms. The van der Waals surface area contributed by atoms with Crippen molar-refractivity contribution in [3.8, 4) is 0 Å². The lowest BCUT2D eigenvalue weighted by Gasteiger charge is -2.08. The Bertz CT molecular complexity index is 432. The third-order valence-corrected chi connectivity index (χ3v) is 2.68. The first-order valence-electron chi connectivity index (χ1n) is 6.54. The molecule has 0 heterocycles. The van der Waals surface area contributed by atoms with Crippen molar-refractivity contribution in [1.29, 1.82) is 0 Å². The van der Waals surface area contributed by atoms with Crippen LogP contribution in [0.3, 0.4) is 0 Å². The summed E-state index contributed by atoms with van der Waals surface area (Å²) in [7, 11) is 1.57. The molecule has 104 valence electrons. The summed E-state index contributed by atoms with van der Waals surface area (Å²) in [4.78, 5) is 23.1. The van der Waals surface area contributed by atoms with Gasteiger partial charge in [0.2, 0.25) is 0 Å². The van der Waals surface area contributed by atoms with Gasteiger partial charge in [-0.1, -0.05) is 25.8 Å². The van der Waals surface area contributed by atoms with Crippen LogP contribution in [0.5, 0.6) is 0 Å². The SMILES string of the molecule is CCCCCNC(=O)Nc1cccc(C(=O)NC)c1. The molecule has 1 rings (SSSR count). The highest BCUT2D eigenvalue weighted by Gasteiger charge is 2.05. The predicted molar refractivity (Wildman–Crippen MR) is 76.4 cm³/mol. The summed E-state index contributed by atoms with van der Waals surface area (Å²) in [6.45, 7) is 2.78. The second kappa shape index (κ2) is 8.13. The van der Waals surface area contributed by atoms with E-state index in [1.54, 1.807) is 31.3 Å². The number of nitrogens with one attached hydrogen (secondary N) is 3. The summed E-state index contributed by atoms with van der Waals surface area (Å²) >= 11 is 0. The van der Waals surface area contributed by atoms with Gasteiger partial charge in [0.25, 0.3) is 5.91 Å². The van der Waals surface area contributed by atoms with Crippen molar-refractivity contribution >= 4 is 17.6 Å². The molecule has 3 amide bonds. The molecule has 19 heavy (non-hydrogen) atoms. The molecule has 0 aromatic heterocycles. The lowest BCUT2D eigenvalue weighted by molar-refractivity contribution is 0.0963. The molecule has 0 saturated carbocycles. The van der Waals surface area contributed by atoms with Gasteiger partial charge >= 0.3 is 6.03 Å². The fourth-order valence-corrected chi connectivity index (χ4v) is 1.63. The van der Waals surface area contributed by atoms with E-state index in [4.69, 9.17) is 0 Å². The number of carbonyl (C=O) groups is 2. The smallest absolute Gasteiger partial charge is 0.319 e. The molecule has 0 unspecified atom stereocenters. The quantitative estimate of drug-likeness (QED) is 0.689. The highest BCUT2D eigenvalue weighted by atomic mass is 16.2. The zero-order valence-electron chi connectivity index (χ0n) is 11.5. The highest BCUT2D eigenvalue weighted by molar-refractivity contribution is 5.96. The summed E-state index contributed by atoms with van der Waals surface area (Å²) in [5.74, 6) is -0.174. The minimum absolute atomic E-state index is 0.174. The molecule has 0 saturated heterocycles. The molecule has 5 nitrogen and oxygen atoms in total. The van der Waals surface area contributed by atoms with Crippen LogP contribution >= 0.6 is 0 Å². The maximum atomic E-state index is 11.6. The van der Waals surface area contributed by atoms with Crippen LogP contribution < -0.4 is 16.0 Å². The highest BCUT2D eigenvalue weighted by Crippen LogP contribution is 2.10. The monoisotopic (exact) mass is 263 g/mol. The van der Waals surface area contributed by atoms with Crippen molar-refractivity contribution in [2.24, 2.45) is 0 Å². The lowest BCUT2D eigenvalue weighted by Crippen LogP contribution is -2.29. The largest absolute Gasteiger partial charge is 0.355 e. The van der Waals surface area contributed by atoms with Gasteiger partial charge in [0.15, 0.2) is 0 Å². The number of hydrogen-bond donors (Lipinski definition) is 3. The Hall–Kier alpha value is -2.04. The summed E-state index contributed by atoms with van der Waals surface area (Å²) in [5, 5.41) is 8.03. The molecule has 5 heteroatoms. The average Bonchev–Trinajstić information content (AvgIpc) is 2.43. The maximum Gasteiger partial charge on any atom is 0.319 e. The van der Waals surface area contributed by atoms with Crippen LogP contribution in [0.1, 0.15) is 36.5 Å². The zero-order valence-corrected chi connectivity index (χ0v) is 11.5. The number of amides is 3. The van der Waals surface area contributed by atoms with Crippen LogP contribution in [0.25, 0.3) is 0 Å². The second-order valence-corrected chi connectivity index (χ2v) is 4.25. The van der Waals surface area contributed by atoms with Gasteiger partial charge in [-0.15, -0.1) is 0 Å². The van der Waals surface area contributed by atoms with Crippen LogP contribution in [0.15, 0.2) is 24.3 Å². The Kier molecular flexibility index (Phi) is 6.43. The first-order chi connectivity index (χ1) is 9.17. The van der Waals surface area contributed by atoms with Crippen molar-refractivity contribution in [2.45, 2.75) is 26.2 Å². The van der Waals surface area contributed by atoms with Crippen molar-refractivity contribution < 1.29 is 9.59 Å². The van der Waals surface area contributed by atoms with Crippen molar-refractivity contribution in [2.75, 3.05) is 18.9 Å². The average molecular weight is 263 g/mol. The third-order valence-electron chi connectivity index (χ3n) is 2.68. The van der Waals surface area contributed by atoms with Gasteiger partial charge in [0.1, 0.15) is 0 Å². The minimum atomic E-state index is -0.245. The van der Waals surface area contributed by atoms with E-state index >= 15 is 0 Å². The molecule has 1 aromatic carbocycles. The van der Waals surface area contributed by atoms with Gasteiger partial charge in [0, 0.05) is 24.8 Å². The lowest BCUT2D eigenvalue weighted by atomic mass is 10.2. The summed E-state index contributed by atoms with van der Waals surface area (Å²) in [5.41, 5.74) is 1.13. The van der Waals surface area contributed by atoms with Gasteiger partial charge in [-0.3, -0.25) is 4.79 Å². The number of carbonyl (C=O) groups excluding carboxylic acids is 2. The molecule has 0 aliphatic rings. The number of urea groups is 1. The van der Waals surface area contributed by atoms with E-state index < -0.39 is 0 Å². The van der Waals surface area contributed by atoms with Gasteiger partial charge in [-0.25, -0.2) is 4.79 Å². The maximum absolute atomic E-state index is 11.6. The number of hydrogen-bond acceptors (Lipinski definition) is 2. The minimum Gasteiger partial charge on any atom is -0.355 e. The Morgan fingerprint density at radius 2 is 2.00 bits per heavy atom. The van der Waals surface area contributed by atoms with Crippen molar-refractivity contribution in [3.05, 3.63) is 29.8 Å². The molecule has 0 radical (unpaired) electrons. The standard InChI is InChI=1S/C14H21N3O2/c1-3-4-5-9-16-14(19)17-12-8-6-7-11(10-12)13(18)15-2/h6-8,10H,3-5,9H2,1-2H3,(H,15,18)(H2,16,17,19). The molecule has 0 atom stereocenters. The normalized spacial score (nSPS) is 9.79. The van der Waals surface area contributed by atoms with E-state index in [1.165, 1.54) is 0 Å². The van der Waals surface area contributed by atoms with Crippen LogP contribution in [-0.2, 0) is 0 Å². The van der Waals surface area contributed by atoms with E-state index in [9.17, 15) is 9.59 Å². The van der Waals surface area contributed by atoms with E-state index in [0.29, 0.717) is 17.8 Å². The first-order valence-corrected chi connectivity index (χ1v) is 6.54. The molecule has 0 spiro atoms. The molecule has 1 aromatic rings. The topological polar surface area (TPSA) is 70.2 Å². The Balaban J connectivity index is 2.48. The van der Waals surface area contributed by atoms with E-state index in [2.05, 4.69) is 22.9 Å². The Morgan fingerprint density at radius 3 is 2.68 bits per heavy atom. The summed E-state index contributed by atoms with van der Waals surface area (Å²) < 4.78 is 0. The molecular weight excluding hydrogens is 242 g/mol. The van der Waals surface area contributed by atoms with Crippen molar-refractivity contribution in [3.63, 3.8) is 0 Å². The van der Waals surface area contributed by atoms with Gasteiger partial charge in [-0.05, 0) is 24.6 Å². The summed E-state index contributed by atoms with van der Waals surface area (Å²) in [6.07, 6.45) is 3.20. The number of anilines is 1. The molecular formula is C14H21N3O2. The van der Waals surface area contributed by atoms with Crippen LogP contribution in [0.2, 0.25) is 0 Å². The number of unbranched alkanes of at least 4 members (excludes halogenated alkanes) is 2. The van der Waals surface area contributed by atoms with E-state index in [1.807, 2.05) is 0 Å².